The number of esters is 2. The second kappa shape index (κ2) is 34.5. The Hall–Kier alpha value is -1.00. The van der Waals surface area contributed by atoms with E-state index in [0.717, 1.165) is 38.5 Å². The van der Waals surface area contributed by atoms with Gasteiger partial charge in [0.2, 0.25) is 0 Å². The van der Waals surface area contributed by atoms with Crippen molar-refractivity contribution < 1.29 is 28.2 Å². The normalized spacial score (nSPS) is 12.0. The number of carbonyl (C=O) groups is 2. The Bertz CT molecular complexity index is 600. The molecule has 0 heterocycles. The first-order valence-corrected chi connectivity index (χ1v) is 18.7. The molecule has 0 N–H and O–H groups in total. The molecule has 0 aromatic carbocycles. The fraction of sp³-hybridized carbons (Fsp3) is 0.943. The molecule has 0 spiro atoms. The molecular formula is C35H67O6P. The molecule has 1 unspecified atom stereocenters. The van der Waals surface area contributed by atoms with Crippen molar-refractivity contribution in [3.8, 4) is 0 Å². The van der Waals surface area contributed by atoms with Crippen LogP contribution in [0, 0.1) is 0 Å². The zero-order valence-corrected chi connectivity index (χ0v) is 28.6. The van der Waals surface area contributed by atoms with E-state index in [0.29, 0.717) is 12.8 Å². The minimum absolute atomic E-state index is 0.0541. The lowest BCUT2D eigenvalue weighted by molar-refractivity contribution is -0.160. The van der Waals surface area contributed by atoms with Crippen molar-refractivity contribution in [1.29, 1.82) is 0 Å². The van der Waals surface area contributed by atoms with E-state index in [1.54, 1.807) is 0 Å². The Morgan fingerprint density at radius 2 is 0.810 bits per heavy atom. The van der Waals surface area contributed by atoms with Gasteiger partial charge in [-0.25, -0.2) is 4.57 Å². The number of hydrogen-bond donors (Lipinski definition) is 0. The van der Waals surface area contributed by atoms with E-state index in [4.69, 9.17) is 14.0 Å². The van der Waals surface area contributed by atoms with Gasteiger partial charge in [-0.3, -0.25) is 14.1 Å². The van der Waals surface area contributed by atoms with Crippen LogP contribution in [0.3, 0.4) is 0 Å². The smallest absolute Gasteiger partial charge is 0.327 e. The van der Waals surface area contributed by atoms with Crippen LogP contribution in [0.2, 0.25) is 0 Å². The van der Waals surface area contributed by atoms with E-state index in [1.807, 2.05) is 0 Å². The van der Waals surface area contributed by atoms with E-state index in [-0.39, 0.29) is 25.2 Å². The third kappa shape index (κ3) is 31.9. The van der Waals surface area contributed by atoms with Crippen LogP contribution < -0.4 is 0 Å². The van der Waals surface area contributed by atoms with E-state index in [9.17, 15) is 14.2 Å². The monoisotopic (exact) mass is 614 g/mol. The molecule has 42 heavy (non-hydrogen) atoms. The third-order valence-electron chi connectivity index (χ3n) is 8.01. The van der Waals surface area contributed by atoms with Crippen molar-refractivity contribution in [2.24, 2.45) is 0 Å². The van der Waals surface area contributed by atoms with E-state index in [2.05, 4.69) is 13.8 Å². The maximum Gasteiger partial charge on any atom is 0.327 e. The predicted octanol–water partition coefficient (Wildman–Crippen LogP) is 11.6. The average molecular weight is 615 g/mol. The summed E-state index contributed by atoms with van der Waals surface area (Å²) in [6.07, 6.45) is 32.7. The minimum Gasteiger partial charge on any atom is -0.462 e. The second-order valence-electron chi connectivity index (χ2n) is 12.2. The minimum atomic E-state index is -0.725. The Balaban J connectivity index is 3.74. The quantitative estimate of drug-likeness (QED) is 0.0407. The number of unbranched alkanes of at least 4 members (excludes halogenated alkanes) is 24. The molecule has 0 aromatic heterocycles. The van der Waals surface area contributed by atoms with Crippen molar-refractivity contribution in [3.05, 3.63) is 0 Å². The molecule has 0 saturated heterocycles. The van der Waals surface area contributed by atoms with Gasteiger partial charge in [0.15, 0.2) is 6.10 Å². The maximum atomic E-state index is 12.3. The summed E-state index contributed by atoms with van der Waals surface area (Å²) >= 11 is 0. The summed E-state index contributed by atoms with van der Waals surface area (Å²) in [5, 5.41) is 0. The first-order valence-electron chi connectivity index (χ1n) is 17.9. The van der Waals surface area contributed by atoms with Crippen LogP contribution in [-0.2, 0) is 28.2 Å². The lowest BCUT2D eigenvalue weighted by atomic mass is 10.0. The summed E-state index contributed by atoms with van der Waals surface area (Å²) in [5.41, 5.74) is 0. The topological polar surface area (TPSA) is 78.9 Å². The van der Waals surface area contributed by atoms with Gasteiger partial charge < -0.3 is 9.47 Å². The number of carbonyl (C=O) groups excluding carboxylic acids is 2. The average Bonchev–Trinajstić information content (AvgIpc) is 2.99. The maximum absolute atomic E-state index is 12.3. The summed E-state index contributed by atoms with van der Waals surface area (Å²) < 4.78 is 26.4. The zero-order chi connectivity index (χ0) is 30.8. The van der Waals surface area contributed by atoms with Crippen LogP contribution >= 0.6 is 8.69 Å². The highest BCUT2D eigenvalue weighted by molar-refractivity contribution is 7.17. The van der Waals surface area contributed by atoms with Gasteiger partial charge in [0.05, 0.1) is 0 Å². The standard InChI is InChI=1S/C35H67O6P/c1-3-5-7-9-11-13-15-17-19-21-23-25-27-29-34(36)39-31-33(32-40-42-38)41-35(37)30-28-26-24-22-20-18-16-14-12-10-8-6-4-2/h33H,3-32H2,1-2H3. The lowest BCUT2D eigenvalue weighted by Gasteiger charge is -2.16. The molecule has 0 saturated carbocycles. The molecule has 0 aliphatic rings. The first-order chi connectivity index (χ1) is 20.6. The Kier molecular flexibility index (Phi) is 33.7. The lowest BCUT2D eigenvalue weighted by Crippen LogP contribution is -2.28. The molecule has 0 aromatic rings. The van der Waals surface area contributed by atoms with Gasteiger partial charge in [0, 0.05) is 12.8 Å². The van der Waals surface area contributed by atoms with Crippen LogP contribution in [0.25, 0.3) is 0 Å². The van der Waals surface area contributed by atoms with Gasteiger partial charge in [-0.2, -0.15) is 0 Å². The van der Waals surface area contributed by atoms with E-state index in [1.165, 1.54) is 128 Å². The molecule has 0 aliphatic carbocycles. The van der Waals surface area contributed by atoms with E-state index >= 15 is 0 Å². The molecule has 0 bridgehead atoms. The molecule has 0 aliphatic heterocycles. The van der Waals surface area contributed by atoms with Gasteiger partial charge in [-0.15, -0.1) is 0 Å². The van der Waals surface area contributed by atoms with Gasteiger partial charge in [-0.1, -0.05) is 168 Å². The Morgan fingerprint density at radius 1 is 0.476 bits per heavy atom. The molecule has 248 valence electrons. The summed E-state index contributed by atoms with van der Waals surface area (Å²) in [6.45, 7) is 4.40. The van der Waals surface area contributed by atoms with Crippen molar-refractivity contribution >= 4 is 20.6 Å². The van der Waals surface area contributed by atoms with E-state index < -0.39 is 14.8 Å². The Labute approximate surface area is 261 Å². The molecule has 1 atom stereocenters. The van der Waals surface area contributed by atoms with Crippen molar-refractivity contribution in [3.63, 3.8) is 0 Å². The summed E-state index contributed by atoms with van der Waals surface area (Å²) in [7, 11) is -0.479. The summed E-state index contributed by atoms with van der Waals surface area (Å²) in [6, 6.07) is 0. The highest BCUT2D eigenvalue weighted by Gasteiger charge is 2.17. The molecule has 0 fully saturated rings. The Morgan fingerprint density at radius 3 is 1.17 bits per heavy atom. The highest BCUT2D eigenvalue weighted by Crippen LogP contribution is 2.15. The SMILES string of the molecule is CCCCCCCCCCCCCCCC(=O)OCC(COP=O)OC(=O)CCCCCCCCCCCCCCC. The zero-order valence-electron chi connectivity index (χ0n) is 27.7. The van der Waals surface area contributed by atoms with Crippen molar-refractivity contribution in [2.45, 2.75) is 200 Å². The van der Waals surface area contributed by atoms with Crippen LogP contribution in [-0.4, -0.2) is 31.3 Å². The van der Waals surface area contributed by atoms with Gasteiger partial charge >= 0.3 is 20.6 Å². The number of rotatable bonds is 34. The fourth-order valence-electron chi connectivity index (χ4n) is 5.31. The van der Waals surface area contributed by atoms with Crippen LogP contribution in [0.15, 0.2) is 0 Å². The van der Waals surface area contributed by atoms with Gasteiger partial charge in [0.25, 0.3) is 0 Å². The molecule has 0 rings (SSSR count). The molecular weight excluding hydrogens is 547 g/mol. The molecule has 6 nitrogen and oxygen atoms in total. The van der Waals surface area contributed by atoms with Gasteiger partial charge in [0.1, 0.15) is 13.2 Å². The van der Waals surface area contributed by atoms with Crippen molar-refractivity contribution in [1.82, 2.24) is 0 Å². The molecule has 7 heteroatoms. The summed E-state index contributed by atoms with van der Waals surface area (Å²) in [4.78, 5) is 24.4. The third-order valence-corrected chi connectivity index (χ3v) is 8.26. The van der Waals surface area contributed by atoms with Crippen molar-refractivity contribution in [2.75, 3.05) is 13.2 Å². The summed E-state index contributed by atoms with van der Waals surface area (Å²) in [5.74, 6) is -0.600. The van der Waals surface area contributed by atoms with Crippen LogP contribution in [0.5, 0.6) is 0 Å². The van der Waals surface area contributed by atoms with Gasteiger partial charge in [-0.05, 0) is 12.8 Å². The van der Waals surface area contributed by atoms with Crippen LogP contribution in [0.4, 0.5) is 0 Å². The highest BCUT2D eigenvalue weighted by atomic mass is 31.1. The fourth-order valence-corrected chi connectivity index (χ4v) is 5.53. The molecule has 0 radical (unpaired) electrons. The predicted molar refractivity (Wildman–Crippen MR) is 175 cm³/mol. The first kappa shape index (κ1) is 41.0. The second-order valence-corrected chi connectivity index (χ2v) is 12.6. The largest absolute Gasteiger partial charge is 0.462 e. The van der Waals surface area contributed by atoms with Crippen LogP contribution in [0.1, 0.15) is 194 Å². The number of hydrogen-bond acceptors (Lipinski definition) is 6. The molecule has 0 amide bonds. The number of ether oxygens (including phenoxy) is 2.